The van der Waals surface area contributed by atoms with E-state index in [9.17, 15) is 4.79 Å². The highest BCUT2D eigenvalue weighted by Gasteiger charge is 2.19. The van der Waals surface area contributed by atoms with Gasteiger partial charge in [0, 0.05) is 23.5 Å². The average Bonchev–Trinajstić information content (AvgIpc) is 3.06. The first-order chi connectivity index (χ1) is 16.2. The van der Waals surface area contributed by atoms with Crippen molar-refractivity contribution in [3.05, 3.63) is 113 Å². The van der Waals surface area contributed by atoms with E-state index in [0.29, 0.717) is 12.1 Å². The van der Waals surface area contributed by atoms with Gasteiger partial charge in [0.05, 0.1) is 5.69 Å². The Hall–Kier alpha value is -3.59. The minimum Gasteiger partial charge on any atom is -0.348 e. The van der Waals surface area contributed by atoms with Crippen LogP contribution in [0.4, 0.5) is 0 Å². The Bertz CT molecular complexity index is 1250. The van der Waals surface area contributed by atoms with Crippen molar-refractivity contribution in [1.82, 2.24) is 9.88 Å². The molecule has 3 nitrogen and oxygen atoms in total. The lowest BCUT2D eigenvalue weighted by molar-refractivity contribution is 0.0951. The van der Waals surface area contributed by atoms with E-state index in [4.69, 9.17) is 0 Å². The van der Waals surface area contributed by atoms with E-state index >= 15 is 0 Å². The van der Waals surface area contributed by atoms with Crippen molar-refractivity contribution < 1.29 is 4.79 Å². The molecule has 0 atom stereocenters. The number of benzene rings is 3. The summed E-state index contributed by atoms with van der Waals surface area (Å²) >= 11 is 0. The van der Waals surface area contributed by atoms with Gasteiger partial charge in [0.2, 0.25) is 0 Å². The van der Waals surface area contributed by atoms with Gasteiger partial charge in [0.1, 0.15) is 0 Å². The maximum absolute atomic E-state index is 12.8. The van der Waals surface area contributed by atoms with Crippen LogP contribution in [-0.4, -0.2) is 10.5 Å². The van der Waals surface area contributed by atoms with Crippen LogP contribution in [0.5, 0.6) is 0 Å². The third kappa shape index (κ3) is 4.49. The number of fused-ring (bicyclic) bond motifs is 1. The Labute approximate surface area is 196 Å². The average molecular weight is 435 g/mol. The maximum atomic E-state index is 12.8. The molecule has 1 heterocycles. The molecule has 3 heteroatoms. The molecule has 1 aromatic heterocycles. The van der Waals surface area contributed by atoms with Gasteiger partial charge in [-0.1, -0.05) is 61.0 Å². The highest BCUT2D eigenvalue weighted by Crippen LogP contribution is 2.33. The number of rotatable bonds is 5. The Balaban J connectivity index is 1.43. The summed E-state index contributed by atoms with van der Waals surface area (Å²) in [6, 6.07) is 29.2. The van der Waals surface area contributed by atoms with Crippen LogP contribution < -0.4 is 5.32 Å². The second kappa shape index (κ2) is 9.50. The number of aromatic nitrogens is 1. The summed E-state index contributed by atoms with van der Waals surface area (Å²) in [7, 11) is 0. The van der Waals surface area contributed by atoms with E-state index in [2.05, 4.69) is 77.5 Å². The molecule has 1 aliphatic rings. The summed E-state index contributed by atoms with van der Waals surface area (Å²) in [5.74, 6) is -0.0422. The predicted octanol–water partition coefficient (Wildman–Crippen LogP) is 6.65. The molecule has 4 aromatic rings. The monoisotopic (exact) mass is 434 g/mol. The molecule has 0 radical (unpaired) electrons. The molecule has 0 bridgehead atoms. The summed E-state index contributed by atoms with van der Waals surface area (Å²) in [5, 5.41) is 3.06. The van der Waals surface area contributed by atoms with Gasteiger partial charge in [-0.15, -0.1) is 0 Å². The fraction of sp³-hybridized carbons (Fsp3) is 0.233. The number of nitrogens with zero attached hydrogens (tertiary/aromatic N) is 1. The third-order valence-corrected chi connectivity index (χ3v) is 6.71. The Morgan fingerprint density at radius 3 is 2.36 bits per heavy atom. The zero-order valence-corrected chi connectivity index (χ0v) is 19.2. The van der Waals surface area contributed by atoms with Crippen molar-refractivity contribution >= 4 is 5.91 Å². The molecule has 0 spiro atoms. The summed E-state index contributed by atoms with van der Waals surface area (Å²) in [6.45, 7) is 2.61. The molecule has 3 aromatic carbocycles. The third-order valence-electron chi connectivity index (χ3n) is 6.71. The number of carbonyl (C=O) groups is 1. The van der Waals surface area contributed by atoms with E-state index in [1.807, 2.05) is 24.3 Å². The van der Waals surface area contributed by atoms with E-state index in [1.165, 1.54) is 47.3 Å². The van der Waals surface area contributed by atoms with Crippen LogP contribution in [0, 0.1) is 6.92 Å². The van der Waals surface area contributed by atoms with Gasteiger partial charge in [-0.05, 0) is 85.2 Å². The quantitative estimate of drug-likeness (QED) is 0.351. The van der Waals surface area contributed by atoms with Gasteiger partial charge in [-0.3, -0.25) is 4.79 Å². The summed E-state index contributed by atoms with van der Waals surface area (Å²) in [5.41, 5.74) is 9.48. The predicted molar refractivity (Wildman–Crippen MR) is 135 cm³/mol. The van der Waals surface area contributed by atoms with Crippen LogP contribution in [-0.2, 0) is 19.4 Å². The van der Waals surface area contributed by atoms with Crippen molar-refractivity contribution in [2.24, 2.45) is 0 Å². The lowest BCUT2D eigenvalue weighted by Gasteiger charge is -2.15. The van der Waals surface area contributed by atoms with Crippen LogP contribution in [0.25, 0.3) is 16.9 Å². The number of carbonyl (C=O) groups excluding carboxylic acids is 1. The summed E-state index contributed by atoms with van der Waals surface area (Å²) < 4.78 is 2.41. The first-order valence-electron chi connectivity index (χ1n) is 11.9. The SMILES string of the molecule is Cc1ccccc1CNC(=O)c1ccc(-n2c(-c3ccccc3)cc3c2CCCCC3)cc1. The molecule has 1 amide bonds. The molecule has 0 saturated heterocycles. The first kappa shape index (κ1) is 21.3. The molecular formula is C30H30N2O. The van der Waals surface area contributed by atoms with Crippen LogP contribution in [0.15, 0.2) is 84.9 Å². The molecule has 0 aliphatic heterocycles. The lowest BCUT2D eigenvalue weighted by atomic mass is 10.1. The van der Waals surface area contributed by atoms with E-state index < -0.39 is 0 Å². The van der Waals surface area contributed by atoms with Crippen molar-refractivity contribution in [3.63, 3.8) is 0 Å². The van der Waals surface area contributed by atoms with Crippen LogP contribution in [0.3, 0.4) is 0 Å². The van der Waals surface area contributed by atoms with Crippen LogP contribution >= 0.6 is 0 Å². The molecule has 5 rings (SSSR count). The lowest BCUT2D eigenvalue weighted by Crippen LogP contribution is -2.23. The number of hydrogen-bond acceptors (Lipinski definition) is 1. The van der Waals surface area contributed by atoms with Crippen molar-refractivity contribution in [3.8, 4) is 16.9 Å². The van der Waals surface area contributed by atoms with Gasteiger partial charge in [-0.25, -0.2) is 0 Å². The van der Waals surface area contributed by atoms with Gasteiger partial charge < -0.3 is 9.88 Å². The highest BCUT2D eigenvalue weighted by atomic mass is 16.1. The molecule has 1 N–H and O–H groups in total. The number of aryl methyl sites for hydroxylation is 2. The van der Waals surface area contributed by atoms with Crippen molar-refractivity contribution in [1.29, 1.82) is 0 Å². The normalized spacial score (nSPS) is 13.2. The Morgan fingerprint density at radius 2 is 1.58 bits per heavy atom. The van der Waals surface area contributed by atoms with Crippen LogP contribution in [0.2, 0.25) is 0 Å². The second-order valence-electron chi connectivity index (χ2n) is 8.92. The van der Waals surface area contributed by atoms with Gasteiger partial charge in [0.25, 0.3) is 5.91 Å². The smallest absolute Gasteiger partial charge is 0.251 e. The van der Waals surface area contributed by atoms with Gasteiger partial charge in [-0.2, -0.15) is 0 Å². The fourth-order valence-corrected chi connectivity index (χ4v) is 4.84. The number of hydrogen-bond donors (Lipinski definition) is 1. The fourth-order valence-electron chi connectivity index (χ4n) is 4.84. The zero-order chi connectivity index (χ0) is 22.6. The molecule has 33 heavy (non-hydrogen) atoms. The molecule has 0 unspecified atom stereocenters. The van der Waals surface area contributed by atoms with Gasteiger partial charge in [0.15, 0.2) is 0 Å². The molecule has 0 fully saturated rings. The first-order valence-corrected chi connectivity index (χ1v) is 11.9. The Kier molecular flexibility index (Phi) is 6.12. The van der Waals surface area contributed by atoms with Crippen molar-refractivity contribution in [2.45, 2.75) is 45.6 Å². The Morgan fingerprint density at radius 1 is 0.848 bits per heavy atom. The van der Waals surface area contributed by atoms with E-state index in [-0.39, 0.29) is 5.91 Å². The number of amides is 1. The highest BCUT2D eigenvalue weighted by molar-refractivity contribution is 5.94. The van der Waals surface area contributed by atoms with E-state index in [0.717, 1.165) is 24.1 Å². The molecule has 0 saturated carbocycles. The maximum Gasteiger partial charge on any atom is 0.251 e. The topological polar surface area (TPSA) is 34.0 Å². The van der Waals surface area contributed by atoms with Crippen LogP contribution in [0.1, 0.15) is 52.0 Å². The van der Waals surface area contributed by atoms with Gasteiger partial charge >= 0.3 is 0 Å². The minimum absolute atomic E-state index is 0.0422. The standard InChI is InChI=1S/C30H30N2O/c1-22-10-8-9-14-26(22)21-31-30(33)24-16-18-27(19-17-24)32-28-15-7-3-6-13-25(28)20-29(32)23-11-4-2-5-12-23/h2,4-5,8-12,14,16-20H,3,6-7,13,15,21H2,1H3,(H,31,33). The molecular weight excluding hydrogens is 404 g/mol. The zero-order valence-electron chi connectivity index (χ0n) is 19.2. The summed E-state index contributed by atoms with van der Waals surface area (Å²) in [6.07, 6.45) is 6.01. The van der Waals surface area contributed by atoms with Crippen molar-refractivity contribution in [2.75, 3.05) is 0 Å². The molecule has 166 valence electrons. The largest absolute Gasteiger partial charge is 0.348 e. The minimum atomic E-state index is -0.0422. The van der Waals surface area contributed by atoms with E-state index in [1.54, 1.807) is 0 Å². The second-order valence-corrected chi connectivity index (χ2v) is 8.92. The summed E-state index contributed by atoms with van der Waals surface area (Å²) in [4.78, 5) is 12.8. The molecule has 1 aliphatic carbocycles. The number of nitrogens with one attached hydrogen (secondary N) is 1.